The minimum absolute atomic E-state index is 0.144. The van der Waals surface area contributed by atoms with Crippen molar-refractivity contribution in [3.8, 4) is 5.75 Å². The molecule has 1 fully saturated rings. The summed E-state index contributed by atoms with van der Waals surface area (Å²) in [5.74, 6) is 0.674. The van der Waals surface area contributed by atoms with Crippen molar-refractivity contribution in [1.29, 1.82) is 0 Å². The van der Waals surface area contributed by atoms with E-state index in [-0.39, 0.29) is 5.91 Å². The molecule has 160 valence electrons. The van der Waals surface area contributed by atoms with Gasteiger partial charge in [-0.05, 0) is 61.4 Å². The van der Waals surface area contributed by atoms with E-state index >= 15 is 0 Å². The molecule has 1 amide bonds. The first kappa shape index (κ1) is 22.3. The highest BCUT2D eigenvalue weighted by atomic mass is 35.5. The maximum atomic E-state index is 12.1. The average molecular weight is 429 g/mol. The van der Waals surface area contributed by atoms with E-state index < -0.39 is 0 Å². The summed E-state index contributed by atoms with van der Waals surface area (Å²) in [5.41, 5.74) is 1.93. The quantitative estimate of drug-likeness (QED) is 0.609. The number of ether oxygens (including phenoxy) is 2. The highest BCUT2D eigenvalue weighted by Crippen LogP contribution is 2.15. The van der Waals surface area contributed by atoms with Crippen molar-refractivity contribution in [2.24, 2.45) is 0 Å². The monoisotopic (exact) mass is 428 g/mol. The molecule has 1 saturated heterocycles. The summed E-state index contributed by atoms with van der Waals surface area (Å²) in [4.78, 5) is 14.4. The molecule has 0 bridgehead atoms. The Bertz CT molecular complexity index is 833. The highest BCUT2D eigenvalue weighted by Gasteiger charge is 2.17. The summed E-state index contributed by atoms with van der Waals surface area (Å²) in [6, 6.07) is 15.7. The lowest BCUT2D eigenvalue weighted by Crippen LogP contribution is -2.38. The van der Waals surface area contributed by atoms with Crippen molar-refractivity contribution in [3.05, 3.63) is 70.8 Å². The molecule has 0 saturated carbocycles. The van der Waals surface area contributed by atoms with E-state index in [4.69, 9.17) is 21.1 Å². The zero-order valence-electron chi connectivity index (χ0n) is 17.4. The molecule has 2 aromatic carbocycles. The second-order valence-electron chi connectivity index (χ2n) is 7.42. The molecule has 0 radical (unpaired) electrons. The maximum absolute atomic E-state index is 12.1. The van der Waals surface area contributed by atoms with Crippen LogP contribution in [-0.2, 0) is 16.1 Å². The van der Waals surface area contributed by atoms with Crippen LogP contribution in [0.15, 0.2) is 54.6 Å². The molecule has 0 unspecified atom stereocenters. The number of carbonyl (C=O) groups excluding carboxylic acids is 1. The summed E-state index contributed by atoms with van der Waals surface area (Å²) in [6.45, 7) is 3.65. The van der Waals surface area contributed by atoms with E-state index in [1.807, 2.05) is 36.4 Å². The van der Waals surface area contributed by atoms with Gasteiger partial charge in [-0.1, -0.05) is 35.9 Å². The molecular formula is C24H29ClN2O3. The third-order valence-corrected chi connectivity index (χ3v) is 5.44. The number of likely N-dealkylation sites (N-methyl/N-ethyl adjacent to an activating group) is 1. The van der Waals surface area contributed by atoms with Gasteiger partial charge in [0.1, 0.15) is 12.4 Å². The fraction of sp³-hybridized carbons (Fsp3) is 0.375. The first-order chi connectivity index (χ1) is 14.6. The van der Waals surface area contributed by atoms with Crippen LogP contribution in [0, 0.1) is 0 Å². The molecule has 5 nitrogen and oxygen atoms in total. The second-order valence-corrected chi connectivity index (χ2v) is 7.86. The van der Waals surface area contributed by atoms with Gasteiger partial charge in [-0.25, -0.2) is 0 Å². The lowest BCUT2D eigenvalue weighted by molar-refractivity contribution is -0.116. The lowest BCUT2D eigenvalue weighted by atomic mass is 10.1. The van der Waals surface area contributed by atoms with Gasteiger partial charge < -0.3 is 14.8 Å². The molecule has 1 aliphatic rings. The van der Waals surface area contributed by atoms with Crippen molar-refractivity contribution in [3.63, 3.8) is 0 Å². The van der Waals surface area contributed by atoms with Gasteiger partial charge in [-0.2, -0.15) is 0 Å². The number of rotatable bonds is 9. The van der Waals surface area contributed by atoms with Crippen molar-refractivity contribution in [1.82, 2.24) is 10.2 Å². The van der Waals surface area contributed by atoms with Gasteiger partial charge in [0.2, 0.25) is 5.91 Å². The van der Waals surface area contributed by atoms with Crippen LogP contribution in [0.2, 0.25) is 5.02 Å². The molecule has 3 rings (SSSR count). The zero-order valence-corrected chi connectivity index (χ0v) is 18.1. The minimum atomic E-state index is -0.144. The Kier molecular flexibility index (Phi) is 8.75. The maximum Gasteiger partial charge on any atom is 0.244 e. The number of hydrogen-bond donors (Lipinski definition) is 1. The predicted octanol–water partition coefficient (Wildman–Crippen LogP) is 4.16. The standard InChI is InChI=1S/C24H29ClN2O3/c1-27(22-11-14-29-15-12-22)13-16-30-23-4-2-3-20(17-23)18-26-24(28)10-7-19-5-8-21(25)9-6-19/h2-10,17,22H,11-16,18H2,1H3,(H,26,28)/b10-7+. The third kappa shape index (κ3) is 7.48. The molecule has 0 spiro atoms. The molecule has 0 atom stereocenters. The van der Waals surface area contributed by atoms with E-state index in [9.17, 15) is 4.79 Å². The Balaban J connectivity index is 1.41. The molecular weight excluding hydrogens is 400 g/mol. The molecule has 30 heavy (non-hydrogen) atoms. The summed E-state index contributed by atoms with van der Waals surface area (Å²) in [7, 11) is 2.14. The van der Waals surface area contributed by atoms with Gasteiger partial charge in [-0.15, -0.1) is 0 Å². The summed E-state index contributed by atoms with van der Waals surface area (Å²) in [5, 5.41) is 3.57. The average Bonchev–Trinajstić information content (AvgIpc) is 2.78. The van der Waals surface area contributed by atoms with Gasteiger partial charge in [0.15, 0.2) is 0 Å². The van der Waals surface area contributed by atoms with E-state index in [0.29, 0.717) is 24.2 Å². The van der Waals surface area contributed by atoms with Crippen LogP contribution in [0.5, 0.6) is 5.75 Å². The Morgan fingerprint density at radius 1 is 1.23 bits per heavy atom. The van der Waals surface area contributed by atoms with Crippen molar-refractivity contribution in [2.45, 2.75) is 25.4 Å². The van der Waals surface area contributed by atoms with E-state index in [1.165, 1.54) is 6.08 Å². The minimum Gasteiger partial charge on any atom is -0.492 e. The Hall–Kier alpha value is -2.34. The van der Waals surface area contributed by atoms with E-state index in [2.05, 4.69) is 17.3 Å². The third-order valence-electron chi connectivity index (χ3n) is 5.19. The van der Waals surface area contributed by atoms with Gasteiger partial charge >= 0.3 is 0 Å². The molecule has 2 aromatic rings. The second kappa shape index (κ2) is 11.7. The van der Waals surface area contributed by atoms with Crippen LogP contribution >= 0.6 is 11.6 Å². The summed E-state index contributed by atoms with van der Waals surface area (Å²) in [6.07, 6.45) is 5.45. The van der Waals surface area contributed by atoms with Crippen LogP contribution in [0.3, 0.4) is 0 Å². The fourth-order valence-electron chi connectivity index (χ4n) is 3.36. The van der Waals surface area contributed by atoms with Crippen molar-refractivity contribution in [2.75, 3.05) is 33.4 Å². The van der Waals surface area contributed by atoms with Crippen LogP contribution in [0.4, 0.5) is 0 Å². The Morgan fingerprint density at radius 2 is 2.00 bits per heavy atom. The molecule has 0 aromatic heterocycles. The summed E-state index contributed by atoms with van der Waals surface area (Å²) >= 11 is 5.87. The normalized spacial score (nSPS) is 14.9. The number of benzene rings is 2. The first-order valence-corrected chi connectivity index (χ1v) is 10.7. The van der Waals surface area contributed by atoms with Gasteiger partial charge in [-0.3, -0.25) is 9.69 Å². The largest absolute Gasteiger partial charge is 0.492 e. The molecule has 1 aliphatic heterocycles. The predicted molar refractivity (Wildman–Crippen MR) is 121 cm³/mol. The van der Waals surface area contributed by atoms with Crippen LogP contribution in [0.25, 0.3) is 6.08 Å². The van der Waals surface area contributed by atoms with Crippen LogP contribution in [-0.4, -0.2) is 50.3 Å². The first-order valence-electron chi connectivity index (χ1n) is 10.3. The number of carbonyl (C=O) groups is 1. The van der Waals surface area contributed by atoms with Gasteiger partial charge in [0, 0.05) is 43.4 Å². The highest BCUT2D eigenvalue weighted by molar-refractivity contribution is 6.30. The van der Waals surface area contributed by atoms with Crippen molar-refractivity contribution < 1.29 is 14.3 Å². The van der Waals surface area contributed by atoms with E-state index in [0.717, 1.165) is 49.5 Å². The smallest absolute Gasteiger partial charge is 0.244 e. The number of nitrogens with one attached hydrogen (secondary N) is 1. The van der Waals surface area contributed by atoms with E-state index in [1.54, 1.807) is 18.2 Å². The number of halogens is 1. The van der Waals surface area contributed by atoms with Gasteiger partial charge in [0.25, 0.3) is 0 Å². The van der Waals surface area contributed by atoms with Crippen LogP contribution in [0.1, 0.15) is 24.0 Å². The Morgan fingerprint density at radius 3 is 2.77 bits per heavy atom. The zero-order chi connectivity index (χ0) is 21.2. The summed E-state index contributed by atoms with van der Waals surface area (Å²) < 4.78 is 11.3. The number of amides is 1. The SMILES string of the molecule is CN(CCOc1cccc(CNC(=O)/C=C/c2ccc(Cl)cc2)c1)C1CCOCC1. The van der Waals surface area contributed by atoms with Crippen molar-refractivity contribution >= 4 is 23.6 Å². The lowest BCUT2D eigenvalue weighted by Gasteiger charge is -2.31. The molecule has 1 N–H and O–H groups in total. The molecule has 6 heteroatoms. The molecule has 0 aliphatic carbocycles. The van der Waals surface area contributed by atoms with Crippen LogP contribution < -0.4 is 10.1 Å². The Labute approximate surface area is 183 Å². The fourth-order valence-corrected chi connectivity index (χ4v) is 3.48. The number of hydrogen-bond acceptors (Lipinski definition) is 4. The number of nitrogens with zero attached hydrogens (tertiary/aromatic N) is 1. The topological polar surface area (TPSA) is 50.8 Å². The van der Waals surface area contributed by atoms with Gasteiger partial charge in [0.05, 0.1) is 0 Å². The molecule has 1 heterocycles.